The Morgan fingerprint density at radius 3 is 2.55 bits per heavy atom. The predicted octanol–water partition coefficient (Wildman–Crippen LogP) is 4.26. The minimum Gasteiger partial charge on any atom is -0.439 e. The second kappa shape index (κ2) is 7.42. The summed E-state index contributed by atoms with van der Waals surface area (Å²) in [6, 6.07) is 7.93. The van der Waals surface area contributed by atoms with Crippen molar-refractivity contribution in [2.24, 2.45) is 0 Å². The Labute approximate surface area is 133 Å². The van der Waals surface area contributed by atoms with Crippen LogP contribution in [0.3, 0.4) is 0 Å². The minimum absolute atomic E-state index is 0.638. The van der Waals surface area contributed by atoms with Crippen LogP contribution in [0.2, 0.25) is 0 Å². The monoisotopic (exact) mass is 383 g/mol. The summed E-state index contributed by atoms with van der Waals surface area (Å²) in [4.78, 5) is 8.58. The van der Waals surface area contributed by atoms with Gasteiger partial charge in [-0.05, 0) is 60.2 Å². The number of halogens is 1. The topological polar surface area (TPSA) is 47.0 Å². The fourth-order valence-corrected chi connectivity index (χ4v) is 2.25. The third-order valence-corrected chi connectivity index (χ3v) is 3.50. The summed E-state index contributed by atoms with van der Waals surface area (Å²) < 4.78 is 7.09. The minimum atomic E-state index is 0.638. The van der Waals surface area contributed by atoms with Gasteiger partial charge in [0.1, 0.15) is 17.9 Å². The van der Waals surface area contributed by atoms with E-state index in [4.69, 9.17) is 4.74 Å². The van der Waals surface area contributed by atoms with E-state index in [9.17, 15) is 0 Å². The van der Waals surface area contributed by atoms with Crippen LogP contribution in [0.25, 0.3) is 0 Å². The van der Waals surface area contributed by atoms with Gasteiger partial charge in [-0.15, -0.1) is 0 Å². The van der Waals surface area contributed by atoms with Gasteiger partial charge in [0.25, 0.3) is 0 Å². The van der Waals surface area contributed by atoms with E-state index in [-0.39, 0.29) is 0 Å². The average Bonchev–Trinajstić information content (AvgIpc) is 2.45. The third-order valence-electron chi connectivity index (χ3n) is 2.78. The van der Waals surface area contributed by atoms with Gasteiger partial charge >= 0.3 is 0 Å². The standard InChI is InChI=1S/C15H18IN3O/c1-3-5-13-14(17-4-2)18-10-19-15(13)20-12-8-6-11(16)7-9-12/h6-10H,3-5H2,1-2H3,(H,17,18,19). The van der Waals surface area contributed by atoms with Gasteiger partial charge in [0.05, 0.1) is 5.56 Å². The van der Waals surface area contributed by atoms with Crippen molar-refractivity contribution < 1.29 is 4.74 Å². The fourth-order valence-electron chi connectivity index (χ4n) is 1.89. The quantitative estimate of drug-likeness (QED) is 0.758. The van der Waals surface area contributed by atoms with Crippen LogP contribution in [0.1, 0.15) is 25.8 Å². The fraction of sp³-hybridized carbons (Fsp3) is 0.333. The number of hydrogen-bond donors (Lipinski definition) is 1. The first-order valence-electron chi connectivity index (χ1n) is 6.75. The molecule has 0 bridgehead atoms. The molecule has 0 unspecified atom stereocenters. The molecule has 1 aromatic heterocycles. The molecule has 5 heteroatoms. The van der Waals surface area contributed by atoms with Gasteiger partial charge in [0.15, 0.2) is 0 Å². The van der Waals surface area contributed by atoms with Gasteiger partial charge in [0.2, 0.25) is 5.88 Å². The average molecular weight is 383 g/mol. The van der Waals surface area contributed by atoms with Crippen molar-refractivity contribution in [1.29, 1.82) is 0 Å². The second-order valence-electron chi connectivity index (χ2n) is 4.34. The highest BCUT2D eigenvalue weighted by Crippen LogP contribution is 2.28. The summed E-state index contributed by atoms with van der Waals surface area (Å²) in [5, 5.41) is 3.26. The van der Waals surface area contributed by atoms with Crippen LogP contribution in [0.15, 0.2) is 30.6 Å². The number of nitrogens with zero attached hydrogens (tertiary/aromatic N) is 2. The molecule has 1 aromatic carbocycles. The zero-order chi connectivity index (χ0) is 14.4. The molecule has 0 atom stereocenters. The number of anilines is 1. The molecular formula is C15H18IN3O. The van der Waals surface area contributed by atoms with E-state index in [0.29, 0.717) is 5.88 Å². The van der Waals surface area contributed by atoms with Gasteiger partial charge < -0.3 is 10.1 Å². The van der Waals surface area contributed by atoms with Crippen molar-refractivity contribution in [3.8, 4) is 11.6 Å². The molecule has 2 rings (SSSR count). The van der Waals surface area contributed by atoms with Crippen molar-refractivity contribution in [3.63, 3.8) is 0 Å². The zero-order valence-electron chi connectivity index (χ0n) is 11.7. The van der Waals surface area contributed by atoms with Crippen molar-refractivity contribution in [2.45, 2.75) is 26.7 Å². The SMILES string of the molecule is CCCc1c(NCC)ncnc1Oc1ccc(I)cc1. The van der Waals surface area contributed by atoms with E-state index in [0.717, 1.165) is 36.5 Å². The number of ether oxygens (including phenoxy) is 1. The lowest BCUT2D eigenvalue weighted by molar-refractivity contribution is 0.454. The van der Waals surface area contributed by atoms with Gasteiger partial charge in [0, 0.05) is 10.1 Å². The molecule has 0 aliphatic carbocycles. The highest BCUT2D eigenvalue weighted by Gasteiger charge is 2.12. The lowest BCUT2D eigenvalue weighted by Crippen LogP contribution is -2.06. The summed E-state index contributed by atoms with van der Waals surface area (Å²) in [5.74, 6) is 2.30. The molecule has 1 N–H and O–H groups in total. The van der Waals surface area contributed by atoms with Crippen LogP contribution in [-0.4, -0.2) is 16.5 Å². The Kier molecular flexibility index (Phi) is 5.58. The molecular weight excluding hydrogens is 365 g/mol. The summed E-state index contributed by atoms with van der Waals surface area (Å²) in [5.41, 5.74) is 1.04. The lowest BCUT2D eigenvalue weighted by Gasteiger charge is -2.13. The molecule has 106 valence electrons. The van der Waals surface area contributed by atoms with Crippen LogP contribution in [0.4, 0.5) is 5.82 Å². The van der Waals surface area contributed by atoms with Crippen LogP contribution in [0.5, 0.6) is 11.6 Å². The first kappa shape index (κ1) is 15.0. The second-order valence-corrected chi connectivity index (χ2v) is 5.59. The first-order chi connectivity index (χ1) is 9.74. The Balaban J connectivity index is 2.29. The molecule has 2 aromatic rings. The normalized spacial score (nSPS) is 10.3. The molecule has 0 amide bonds. The van der Waals surface area contributed by atoms with Gasteiger partial charge in [-0.3, -0.25) is 0 Å². The van der Waals surface area contributed by atoms with Gasteiger partial charge in [-0.1, -0.05) is 13.3 Å². The summed E-state index contributed by atoms with van der Waals surface area (Å²) >= 11 is 2.27. The molecule has 4 nitrogen and oxygen atoms in total. The van der Waals surface area contributed by atoms with Crippen molar-refractivity contribution in [2.75, 3.05) is 11.9 Å². The van der Waals surface area contributed by atoms with Crippen molar-refractivity contribution in [3.05, 3.63) is 39.7 Å². The molecule has 0 saturated heterocycles. The number of hydrogen-bond acceptors (Lipinski definition) is 4. The van der Waals surface area contributed by atoms with Crippen molar-refractivity contribution in [1.82, 2.24) is 9.97 Å². The highest BCUT2D eigenvalue weighted by molar-refractivity contribution is 14.1. The molecule has 0 aliphatic heterocycles. The van der Waals surface area contributed by atoms with Gasteiger partial charge in [-0.25, -0.2) is 9.97 Å². The summed E-state index contributed by atoms with van der Waals surface area (Å²) in [7, 11) is 0. The van der Waals surface area contributed by atoms with E-state index < -0.39 is 0 Å². The van der Waals surface area contributed by atoms with E-state index in [1.165, 1.54) is 3.57 Å². The largest absolute Gasteiger partial charge is 0.439 e. The van der Waals surface area contributed by atoms with Crippen molar-refractivity contribution >= 4 is 28.4 Å². The zero-order valence-corrected chi connectivity index (χ0v) is 13.8. The molecule has 0 saturated carbocycles. The maximum absolute atomic E-state index is 5.91. The predicted molar refractivity (Wildman–Crippen MR) is 89.4 cm³/mol. The molecule has 20 heavy (non-hydrogen) atoms. The Bertz CT molecular complexity index is 558. The first-order valence-corrected chi connectivity index (χ1v) is 7.83. The van der Waals surface area contributed by atoms with E-state index in [1.54, 1.807) is 6.33 Å². The Morgan fingerprint density at radius 2 is 1.90 bits per heavy atom. The third kappa shape index (κ3) is 3.82. The lowest BCUT2D eigenvalue weighted by atomic mass is 10.1. The molecule has 1 heterocycles. The van der Waals surface area contributed by atoms with E-state index in [2.05, 4.69) is 51.7 Å². The number of nitrogens with one attached hydrogen (secondary N) is 1. The Hall–Kier alpha value is -1.37. The summed E-state index contributed by atoms with van der Waals surface area (Å²) in [6.45, 7) is 5.02. The van der Waals surface area contributed by atoms with Gasteiger partial charge in [-0.2, -0.15) is 0 Å². The molecule has 0 radical (unpaired) electrons. The maximum atomic E-state index is 5.91. The molecule has 0 fully saturated rings. The number of rotatable bonds is 6. The van der Waals surface area contributed by atoms with Crippen LogP contribution < -0.4 is 10.1 Å². The smallest absolute Gasteiger partial charge is 0.227 e. The van der Waals surface area contributed by atoms with Crippen LogP contribution in [0, 0.1) is 3.57 Å². The van der Waals surface area contributed by atoms with E-state index in [1.807, 2.05) is 24.3 Å². The maximum Gasteiger partial charge on any atom is 0.227 e. The number of aromatic nitrogens is 2. The molecule has 0 spiro atoms. The highest BCUT2D eigenvalue weighted by atomic mass is 127. The summed E-state index contributed by atoms with van der Waals surface area (Å²) in [6.07, 6.45) is 3.46. The van der Waals surface area contributed by atoms with Crippen LogP contribution in [-0.2, 0) is 6.42 Å². The Morgan fingerprint density at radius 1 is 1.15 bits per heavy atom. The molecule has 0 aliphatic rings. The van der Waals surface area contributed by atoms with E-state index >= 15 is 0 Å². The van der Waals surface area contributed by atoms with Crippen LogP contribution >= 0.6 is 22.6 Å². The number of benzene rings is 1.